The van der Waals surface area contributed by atoms with Crippen molar-refractivity contribution in [3.05, 3.63) is 81.1 Å². The van der Waals surface area contributed by atoms with Crippen LogP contribution in [-0.2, 0) is 18.3 Å². The Hall–Kier alpha value is -2.59. The van der Waals surface area contributed by atoms with Crippen LogP contribution in [0.1, 0.15) is 77.0 Å². The maximum absolute atomic E-state index is 11.3. The Bertz CT molecular complexity index is 1120. The van der Waals surface area contributed by atoms with E-state index in [1.165, 1.54) is 47.3 Å². The summed E-state index contributed by atoms with van der Waals surface area (Å²) in [7, 11) is 0. The highest BCUT2D eigenvalue weighted by atomic mass is 35.5. The molecule has 1 fully saturated rings. The quantitative estimate of drug-likeness (QED) is 0.526. The molecular weight excluding hydrogens is 408 g/mol. The average Bonchev–Trinajstić information content (AvgIpc) is 3.40. The van der Waals surface area contributed by atoms with Gasteiger partial charge in [0, 0.05) is 16.1 Å². The molecule has 2 aromatic carbocycles. The summed E-state index contributed by atoms with van der Waals surface area (Å²) in [6, 6.07) is 13.3. The lowest BCUT2D eigenvalue weighted by atomic mass is 9.72. The predicted octanol–water partition coefficient (Wildman–Crippen LogP) is 6.27. The maximum atomic E-state index is 11.3. The first-order chi connectivity index (χ1) is 15.0. The third kappa shape index (κ3) is 3.28. The number of carboxylic acids is 1. The normalized spacial score (nSPS) is 17.5. The zero-order valence-electron chi connectivity index (χ0n) is 17.8. The molecule has 5 rings (SSSR count). The van der Waals surface area contributed by atoms with Crippen LogP contribution in [0.5, 0.6) is 0 Å². The van der Waals surface area contributed by atoms with Crippen LogP contribution in [0.2, 0.25) is 5.02 Å². The van der Waals surface area contributed by atoms with Gasteiger partial charge >= 0.3 is 5.97 Å². The Morgan fingerprint density at radius 2 is 1.74 bits per heavy atom. The summed E-state index contributed by atoms with van der Waals surface area (Å²) in [5.74, 6) is -0.908. The van der Waals surface area contributed by atoms with Gasteiger partial charge in [0.25, 0.3) is 0 Å². The zero-order chi connectivity index (χ0) is 21.6. The van der Waals surface area contributed by atoms with E-state index in [0.717, 1.165) is 42.8 Å². The number of hydrogen-bond donors (Lipinski definition) is 1. The van der Waals surface area contributed by atoms with Crippen LogP contribution in [0.3, 0.4) is 0 Å². The first kappa shape index (κ1) is 20.3. The molecule has 0 atom stereocenters. The van der Waals surface area contributed by atoms with Crippen molar-refractivity contribution in [3.63, 3.8) is 0 Å². The third-order valence-corrected chi connectivity index (χ3v) is 7.46. The Morgan fingerprint density at radius 3 is 2.42 bits per heavy atom. The van der Waals surface area contributed by atoms with Crippen molar-refractivity contribution >= 4 is 17.6 Å². The lowest BCUT2D eigenvalue weighted by Crippen LogP contribution is -2.28. The van der Waals surface area contributed by atoms with E-state index in [4.69, 9.17) is 16.7 Å². The number of hydrogen-bond acceptors (Lipinski definition) is 2. The van der Waals surface area contributed by atoms with Crippen LogP contribution in [0, 0.1) is 6.92 Å². The fourth-order valence-corrected chi connectivity index (χ4v) is 6.17. The lowest BCUT2D eigenvalue weighted by molar-refractivity contribution is 0.0697. The van der Waals surface area contributed by atoms with Crippen molar-refractivity contribution in [1.29, 1.82) is 0 Å². The fraction of sp³-hybridized carbons (Fsp3) is 0.385. The number of halogens is 1. The SMILES string of the molecule is Cc1cccc(Cl)c1C1(c2nn(-c3ccc(C(=O)O)cc3)c3c2CCCC3)CCCC1. The van der Waals surface area contributed by atoms with Crippen LogP contribution >= 0.6 is 11.6 Å². The van der Waals surface area contributed by atoms with Crippen molar-refractivity contribution in [2.24, 2.45) is 0 Å². The summed E-state index contributed by atoms with van der Waals surface area (Å²) >= 11 is 6.81. The molecule has 2 aliphatic rings. The lowest BCUT2D eigenvalue weighted by Gasteiger charge is -2.32. The minimum absolute atomic E-state index is 0.143. The number of carbonyl (C=O) groups is 1. The maximum Gasteiger partial charge on any atom is 0.335 e. The zero-order valence-corrected chi connectivity index (χ0v) is 18.6. The van der Waals surface area contributed by atoms with E-state index in [1.54, 1.807) is 12.1 Å². The summed E-state index contributed by atoms with van der Waals surface area (Å²) < 4.78 is 2.07. The molecular formula is C26H27ClN2O2. The summed E-state index contributed by atoms with van der Waals surface area (Å²) in [5.41, 5.74) is 7.42. The molecule has 0 unspecified atom stereocenters. The number of carboxylic acid groups (broad SMARTS) is 1. The van der Waals surface area contributed by atoms with E-state index in [-0.39, 0.29) is 5.41 Å². The molecule has 0 amide bonds. The standard InChI is InChI=1S/C26H27ClN2O2/c1-17-7-6-9-21(27)23(17)26(15-4-5-16-26)24-20-8-2-3-10-22(20)29(28-24)19-13-11-18(12-14-19)25(30)31/h6-7,9,11-14H,2-5,8,10,15-16H2,1H3,(H,30,31). The van der Waals surface area contributed by atoms with Crippen LogP contribution in [0.15, 0.2) is 42.5 Å². The van der Waals surface area contributed by atoms with Gasteiger partial charge in [-0.2, -0.15) is 5.10 Å². The largest absolute Gasteiger partial charge is 0.478 e. The first-order valence-electron chi connectivity index (χ1n) is 11.2. The molecule has 0 saturated heterocycles. The Morgan fingerprint density at radius 1 is 1.03 bits per heavy atom. The average molecular weight is 435 g/mol. The van der Waals surface area contributed by atoms with E-state index in [1.807, 2.05) is 24.3 Å². The molecule has 160 valence electrons. The van der Waals surface area contributed by atoms with Crippen molar-refractivity contribution in [2.75, 3.05) is 0 Å². The highest BCUT2D eigenvalue weighted by Gasteiger charge is 2.44. The van der Waals surface area contributed by atoms with E-state index >= 15 is 0 Å². The molecule has 0 radical (unpaired) electrons. The van der Waals surface area contributed by atoms with E-state index in [9.17, 15) is 9.90 Å². The second-order valence-electron chi connectivity index (χ2n) is 8.97. The van der Waals surface area contributed by atoms with Gasteiger partial charge in [-0.1, -0.05) is 36.6 Å². The molecule has 1 saturated carbocycles. The summed E-state index contributed by atoms with van der Waals surface area (Å²) in [5, 5.41) is 15.4. The number of fused-ring (bicyclic) bond motifs is 1. The van der Waals surface area contributed by atoms with Crippen molar-refractivity contribution in [3.8, 4) is 5.69 Å². The number of benzene rings is 2. The van der Waals surface area contributed by atoms with Crippen LogP contribution < -0.4 is 0 Å². The van der Waals surface area contributed by atoms with Gasteiger partial charge in [-0.25, -0.2) is 9.48 Å². The number of aryl methyl sites for hydroxylation is 1. The molecule has 0 bridgehead atoms. The number of rotatable bonds is 4. The van der Waals surface area contributed by atoms with E-state index in [2.05, 4.69) is 17.7 Å². The molecule has 0 aliphatic heterocycles. The van der Waals surface area contributed by atoms with Crippen LogP contribution in [0.25, 0.3) is 5.69 Å². The second-order valence-corrected chi connectivity index (χ2v) is 9.37. The minimum atomic E-state index is -0.908. The number of nitrogens with zero attached hydrogens (tertiary/aromatic N) is 2. The first-order valence-corrected chi connectivity index (χ1v) is 11.6. The van der Waals surface area contributed by atoms with E-state index in [0.29, 0.717) is 5.56 Å². The monoisotopic (exact) mass is 434 g/mol. The molecule has 3 aromatic rings. The molecule has 0 spiro atoms. The highest BCUT2D eigenvalue weighted by Crippen LogP contribution is 2.51. The van der Waals surface area contributed by atoms with Gasteiger partial charge in [0.15, 0.2) is 0 Å². The van der Waals surface area contributed by atoms with Crippen molar-refractivity contribution in [1.82, 2.24) is 9.78 Å². The van der Waals surface area contributed by atoms with Gasteiger partial charge < -0.3 is 5.11 Å². The van der Waals surface area contributed by atoms with Gasteiger partial charge in [-0.05, 0) is 92.5 Å². The molecule has 2 aliphatic carbocycles. The second kappa shape index (κ2) is 7.83. The molecule has 31 heavy (non-hydrogen) atoms. The Balaban J connectivity index is 1.71. The third-order valence-electron chi connectivity index (χ3n) is 7.15. The fourth-order valence-electron chi connectivity index (χ4n) is 5.76. The van der Waals surface area contributed by atoms with Gasteiger partial charge in [0.05, 0.1) is 16.9 Å². The van der Waals surface area contributed by atoms with Gasteiger partial charge in [-0.3, -0.25) is 0 Å². The smallest absolute Gasteiger partial charge is 0.335 e. The summed E-state index contributed by atoms with van der Waals surface area (Å²) in [6.07, 6.45) is 8.88. The topological polar surface area (TPSA) is 55.1 Å². The number of aromatic carboxylic acids is 1. The Kier molecular flexibility index (Phi) is 5.13. The highest BCUT2D eigenvalue weighted by molar-refractivity contribution is 6.31. The molecule has 1 N–H and O–H groups in total. The van der Waals surface area contributed by atoms with Crippen molar-refractivity contribution in [2.45, 2.75) is 63.7 Å². The Labute approximate surface area is 187 Å². The van der Waals surface area contributed by atoms with E-state index < -0.39 is 5.97 Å². The van der Waals surface area contributed by atoms with Crippen molar-refractivity contribution < 1.29 is 9.90 Å². The number of aromatic nitrogens is 2. The van der Waals surface area contributed by atoms with Gasteiger partial charge in [0.2, 0.25) is 0 Å². The summed E-state index contributed by atoms with van der Waals surface area (Å²) in [6.45, 7) is 2.16. The summed E-state index contributed by atoms with van der Waals surface area (Å²) in [4.78, 5) is 11.3. The molecule has 1 heterocycles. The molecule has 1 aromatic heterocycles. The van der Waals surface area contributed by atoms with Gasteiger partial charge in [0.1, 0.15) is 0 Å². The van der Waals surface area contributed by atoms with Crippen LogP contribution in [-0.4, -0.2) is 20.9 Å². The predicted molar refractivity (Wildman–Crippen MR) is 123 cm³/mol. The molecule has 5 heteroatoms. The van der Waals surface area contributed by atoms with Crippen LogP contribution in [0.4, 0.5) is 0 Å². The minimum Gasteiger partial charge on any atom is -0.478 e. The van der Waals surface area contributed by atoms with Gasteiger partial charge in [-0.15, -0.1) is 0 Å². The molecule has 4 nitrogen and oxygen atoms in total.